The molecule has 1 heterocycles. The molecule has 0 unspecified atom stereocenters. The lowest BCUT2D eigenvalue weighted by molar-refractivity contribution is -0.132. The number of ketones is 1. The number of carbonyl (C=O) groups is 2. The van der Waals surface area contributed by atoms with Crippen LogP contribution in [0.5, 0.6) is 5.75 Å². The van der Waals surface area contributed by atoms with Crippen LogP contribution in [-0.2, 0) is 4.79 Å². The highest BCUT2D eigenvalue weighted by Crippen LogP contribution is 2.19. The average Bonchev–Trinajstić information content (AvgIpc) is 2.72. The number of carbonyl (C=O) groups excluding carboxylic acids is 2. The number of amides is 1. The maximum atomic E-state index is 13.3. The number of hydrogen-bond donors (Lipinski definition) is 1. The van der Waals surface area contributed by atoms with Crippen LogP contribution in [0.25, 0.3) is 0 Å². The van der Waals surface area contributed by atoms with Gasteiger partial charge in [0, 0.05) is 43.2 Å². The number of methoxy groups -OCH3 is 1. The van der Waals surface area contributed by atoms with Crippen LogP contribution in [0, 0.1) is 5.82 Å². The first kappa shape index (κ1) is 19.9. The van der Waals surface area contributed by atoms with Crippen LogP contribution in [0.15, 0.2) is 48.5 Å². The molecular formula is C22H25FN2O3. The van der Waals surface area contributed by atoms with E-state index in [9.17, 15) is 14.0 Å². The van der Waals surface area contributed by atoms with Crippen LogP contribution in [-0.4, -0.2) is 42.8 Å². The molecule has 1 atom stereocenters. The summed E-state index contributed by atoms with van der Waals surface area (Å²) in [7, 11) is 1.57. The van der Waals surface area contributed by atoms with Gasteiger partial charge in [0.05, 0.1) is 7.11 Å². The number of benzene rings is 2. The van der Waals surface area contributed by atoms with E-state index in [1.165, 1.54) is 12.1 Å². The lowest BCUT2D eigenvalue weighted by Gasteiger charge is -2.33. The predicted molar refractivity (Wildman–Crippen MR) is 106 cm³/mol. The third-order valence-corrected chi connectivity index (χ3v) is 4.95. The number of anilines is 1. The van der Waals surface area contributed by atoms with Gasteiger partial charge in [0.25, 0.3) is 0 Å². The molecule has 5 nitrogen and oxygen atoms in total. The zero-order chi connectivity index (χ0) is 19.9. The van der Waals surface area contributed by atoms with Gasteiger partial charge in [0.15, 0.2) is 5.78 Å². The second-order valence-corrected chi connectivity index (χ2v) is 6.99. The summed E-state index contributed by atoms with van der Waals surface area (Å²) >= 11 is 0. The highest BCUT2D eigenvalue weighted by molar-refractivity contribution is 5.98. The van der Waals surface area contributed by atoms with Crippen molar-refractivity contribution in [2.75, 3.05) is 25.5 Å². The van der Waals surface area contributed by atoms with Gasteiger partial charge in [-0.25, -0.2) is 4.39 Å². The van der Waals surface area contributed by atoms with Crippen LogP contribution in [0.4, 0.5) is 10.1 Å². The Morgan fingerprint density at radius 1 is 1.18 bits per heavy atom. The first-order valence-electron chi connectivity index (χ1n) is 9.52. The van der Waals surface area contributed by atoms with E-state index in [1.807, 2.05) is 6.07 Å². The summed E-state index contributed by atoms with van der Waals surface area (Å²) in [5.41, 5.74) is 1.30. The Bertz CT molecular complexity index is 823. The fourth-order valence-electron chi connectivity index (χ4n) is 3.44. The lowest BCUT2D eigenvalue weighted by atomic mass is 10.0. The number of ether oxygens (including phenoxy) is 1. The molecule has 1 aliphatic heterocycles. The molecule has 3 rings (SSSR count). The molecule has 0 aliphatic carbocycles. The van der Waals surface area contributed by atoms with Crippen molar-refractivity contribution >= 4 is 17.4 Å². The fraction of sp³-hybridized carbons (Fsp3) is 0.364. The average molecular weight is 384 g/mol. The van der Waals surface area contributed by atoms with E-state index in [4.69, 9.17) is 4.74 Å². The van der Waals surface area contributed by atoms with Gasteiger partial charge in [-0.2, -0.15) is 0 Å². The molecule has 1 aliphatic rings. The molecule has 1 amide bonds. The number of Topliss-reactive ketones (excluding diaryl/α,β-unsaturated/α-hetero) is 1. The Kier molecular flexibility index (Phi) is 6.63. The molecule has 1 saturated heterocycles. The third-order valence-electron chi connectivity index (χ3n) is 4.95. The van der Waals surface area contributed by atoms with E-state index in [0.29, 0.717) is 30.1 Å². The van der Waals surface area contributed by atoms with Gasteiger partial charge in [-0.15, -0.1) is 0 Å². The molecular weight excluding hydrogens is 359 g/mol. The number of rotatable bonds is 7. The molecule has 2 aromatic rings. The highest BCUT2D eigenvalue weighted by atomic mass is 19.1. The van der Waals surface area contributed by atoms with Gasteiger partial charge in [-0.05, 0) is 55.3 Å². The number of nitrogens with zero attached hydrogens (tertiary/aromatic N) is 1. The zero-order valence-electron chi connectivity index (χ0n) is 16.0. The second-order valence-electron chi connectivity index (χ2n) is 6.99. The van der Waals surface area contributed by atoms with E-state index in [2.05, 4.69) is 5.32 Å². The third kappa shape index (κ3) is 5.31. The van der Waals surface area contributed by atoms with Gasteiger partial charge in [-0.3, -0.25) is 9.59 Å². The van der Waals surface area contributed by atoms with E-state index in [1.54, 1.807) is 42.3 Å². The first-order chi connectivity index (χ1) is 13.5. The quantitative estimate of drug-likeness (QED) is 0.736. The smallest absolute Gasteiger partial charge is 0.223 e. The fourth-order valence-corrected chi connectivity index (χ4v) is 3.44. The van der Waals surface area contributed by atoms with Gasteiger partial charge in [0.1, 0.15) is 11.6 Å². The van der Waals surface area contributed by atoms with E-state index in [0.717, 1.165) is 12.8 Å². The van der Waals surface area contributed by atoms with E-state index >= 15 is 0 Å². The highest BCUT2D eigenvalue weighted by Gasteiger charge is 2.24. The first-order valence-corrected chi connectivity index (χ1v) is 9.52. The number of piperidine rings is 1. The summed E-state index contributed by atoms with van der Waals surface area (Å²) in [6.07, 6.45) is 2.18. The van der Waals surface area contributed by atoms with Crippen LogP contribution in [0.3, 0.4) is 0 Å². The molecule has 0 bridgehead atoms. The second kappa shape index (κ2) is 9.35. The Balaban J connectivity index is 1.50. The maximum Gasteiger partial charge on any atom is 0.223 e. The molecule has 0 aromatic heterocycles. The molecule has 0 saturated carbocycles. The van der Waals surface area contributed by atoms with Crippen LogP contribution >= 0.6 is 0 Å². The number of halogens is 1. The molecule has 28 heavy (non-hydrogen) atoms. The van der Waals surface area contributed by atoms with Crippen molar-refractivity contribution in [3.63, 3.8) is 0 Å². The summed E-state index contributed by atoms with van der Waals surface area (Å²) in [6, 6.07) is 13.3. The van der Waals surface area contributed by atoms with Crippen molar-refractivity contribution in [3.05, 3.63) is 59.9 Å². The van der Waals surface area contributed by atoms with Crippen LogP contribution in [0.1, 0.15) is 36.0 Å². The van der Waals surface area contributed by atoms with Crippen molar-refractivity contribution < 1.29 is 18.7 Å². The summed E-state index contributed by atoms with van der Waals surface area (Å²) in [6.45, 7) is 1.25. The van der Waals surface area contributed by atoms with E-state index < -0.39 is 0 Å². The summed E-state index contributed by atoms with van der Waals surface area (Å²) in [4.78, 5) is 26.7. The van der Waals surface area contributed by atoms with Crippen LogP contribution in [0.2, 0.25) is 0 Å². The van der Waals surface area contributed by atoms with Gasteiger partial charge in [-0.1, -0.05) is 6.07 Å². The molecule has 148 valence electrons. The van der Waals surface area contributed by atoms with Crippen molar-refractivity contribution in [1.29, 1.82) is 0 Å². The molecule has 0 radical (unpaired) electrons. The molecule has 6 heteroatoms. The standard InChI is InChI=1S/C22H25FN2O3/c1-28-20-9-7-16(8-10-20)21(26)11-12-22(27)25-13-3-6-19(15-25)24-18-5-2-4-17(23)14-18/h2,4-5,7-10,14,19,24H,3,6,11-13,15H2,1H3/t19-/m1/s1. The van der Waals surface area contributed by atoms with Crippen molar-refractivity contribution in [1.82, 2.24) is 4.90 Å². The molecule has 1 fully saturated rings. The minimum atomic E-state index is -0.286. The summed E-state index contributed by atoms with van der Waals surface area (Å²) < 4.78 is 18.4. The Hall–Kier alpha value is -2.89. The van der Waals surface area contributed by atoms with E-state index in [-0.39, 0.29) is 36.4 Å². The molecule has 1 N–H and O–H groups in total. The van der Waals surface area contributed by atoms with Gasteiger partial charge >= 0.3 is 0 Å². The SMILES string of the molecule is COc1ccc(C(=O)CCC(=O)N2CCC[C@@H](Nc3cccc(F)c3)C2)cc1. The lowest BCUT2D eigenvalue weighted by Crippen LogP contribution is -2.45. The number of hydrogen-bond acceptors (Lipinski definition) is 4. The van der Waals surface area contributed by atoms with Crippen molar-refractivity contribution in [2.45, 2.75) is 31.7 Å². The predicted octanol–water partition coefficient (Wildman–Crippen LogP) is 3.90. The summed E-state index contributed by atoms with van der Waals surface area (Å²) in [5.74, 6) is 0.332. The number of nitrogens with one attached hydrogen (secondary N) is 1. The minimum absolute atomic E-state index is 0.0207. The Labute approximate surface area is 164 Å². The Morgan fingerprint density at radius 3 is 2.68 bits per heavy atom. The van der Waals surface area contributed by atoms with Crippen molar-refractivity contribution in [3.8, 4) is 5.75 Å². The largest absolute Gasteiger partial charge is 0.497 e. The van der Waals surface area contributed by atoms with Gasteiger partial charge in [0.2, 0.25) is 5.91 Å². The number of likely N-dealkylation sites (tertiary alicyclic amines) is 1. The summed E-state index contributed by atoms with van der Waals surface area (Å²) in [5, 5.41) is 3.30. The maximum absolute atomic E-state index is 13.3. The monoisotopic (exact) mass is 384 g/mol. The zero-order valence-corrected chi connectivity index (χ0v) is 16.0. The normalized spacial score (nSPS) is 16.5. The van der Waals surface area contributed by atoms with Gasteiger partial charge < -0.3 is 15.0 Å². The minimum Gasteiger partial charge on any atom is -0.497 e. The topological polar surface area (TPSA) is 58.6 Å². The molecule has 0 spiro atoms. The molecule has 2 aromatic carbocycles. The Morgan fingerprint density at radius 2 is 1.96 bits per heavy atom. The van der Waals surface area contributed by atoms with Crippen molar-refractivity contribution in [2.24, 2.45) is 0 Å². The van der Waals surface area contributed by atoms with Crippen LogP contribution < -0.4 is 10.1 Å².